The number of pyridine rings is 1. The number of rotatable bonds is 6. The van der Waals surface area contributed by atoms with Crippen molar-refractivity contribution in [3.8, 4) is 0 Å². The summed E-state index contributed by atoms with van der Waals surface area (Å²) in [6, 6.07) is 14.5. The molecule has 4 rings (SSSR count). The van der Waals surface area contributed by atoms with Crippen LogP contribution in [0.25, 0.3) is 17.0 Å². The van der Waals surface area contributed by atoms with Gasteiger partial charge in [0, 0.05) is 31.4 Å². The number of hydrogen-bond acceptors (Lipinski definition) is 6. The van der Waals surface area contributed by atoms with Crippen LogP contribution in [0.4, 0.5) is 36.2 Å². The molecule has 0 atom stereocenters. The first-order valence-corrected chi connectivity index (χ1v) is 10.5. The average molecular weight is 464 g/mol. The number of nitrogens with one attached hydrogen (secondary N) is 2. The fourth-order valence-electron chi connectivity index (χ4n) is 3.44. The van der Waals surface area contributed by atoms with E-state index in [0.717, 1.165) is 34.4 Å². The maximum absolute atomic E-state index is 12.9. The maximum atomic E-state index is 12.9. The summed E-state index contributed by atoms with van der Waals surface area (Å²) in [5, 5.41) is 7.01. The van der Waals surface area contributed by atoms with Gasteiger partial charge in [-0.3, -0.25) is 4.98 Å². The van der Waals surface area contributed by atoms with Crippen molar-refractivity contribution in [2.75, 3.05) is 29.6 Å². The van der Waals surface area contributed by atoms with E-state index in [4.69, 9.17) is 0 Å². The number of hydrogen-bond donors (Lipinski definition) is 2. The van der Waals surface area contributed by atoms with E-state index in [-0.39, 0.29) is 0 Å². The highest BCUT2D eigenvalue weighted by atomic mass is 19.4. The van der Waals surface area contributed by atoms with Crippen molar-refractivity contribution in [3.63, 3.8) is 0 Å². The molecule has 0 aliphatic heterocycles. The minimum atomic E-state index is -4.39. The van der Waals surface area contributed by atoms with Gasteiger partial charge in [-0.1, -0.05) is 18.2 Å². The number of para-hydroxylation sites is 1. The van der Waals surface area contributed by atoms with Gasteiger partial charge in [0.25, 0.3) is 0 Å². The number of aryl methyl sites for hydroxylation is 1. The van der Waals surface area contributed by atoms with Gasteiger partial charge in [-0.2, -0.15) is 13.2 Å². The fourth-order valence-corrected chi connectivity index (χ4v) is 3.44. The number of nitrogens with zero attached hydrogens (tertiary/aromatic N) is 4. The Kier molecular flexibility index (Phi) is 6.36. The molecule has 0 bridgehead atoms. The molecule has 0 aliphatic carbocycles. The maximum Gasteiger partial charge on any atom is 0.416 e. The first-order valence-electron chi connectivity index (χ1n) is 10.5. The highest BCUT2D eigenvalue weighted by Crippen LogP contribution is 2.31. The summed E-state index contributed by atoms with van der Waals surface area (Å²) in [5.41, 5.74) is 3.59. The molecular weight excluding hydrogens is 441 g/mol. The summed E-state index contributed by atoms with van der Waals surface area (Å²) < 4.78 is 38.7. The summed E-state index contributed by atoms with van der Waals surface area (Å²) in [4.78, 5) is 15.5. The Morgan fingerprint density at radius 2 is 1.74 bits per heavy atom. The monoisotopic (exact) mass is 464 g/mol. The number of aromatic nitrogens is 3. The predicted molar refractivity (Wildman–Crippen MR) is 130 cm³/mol. The first kappa shape index (κ1) is 23.0. The SMILES string of the molecule is Cc1nc(N/C=C/c2ccc(Nc3cccc(C(F)(F)F)c3)cn2)nc2c(N(C)C)cccc12. The van der Waals surface area contributed by atoms with Crippen molar-refractivity contribution in [2.45, 2.75) is 13.1 Å². The number of alkyl halides is 3. The Morgan fingerprint density at radius 3 is 2.44 bits per heavy atom. The average Bonchev–Trinajstić information content (AvgIpc) is 2.79. The third-order valence-corrected chi connectivity index (χ3v) is 5.11. The second kappa shape index (κ2) is 9.38. The Labute approximate surface area is 195 Å². The standard InChI is InChI=1S/C25H23F3N6/c1-16-21-8-5-9-22(34(2)3)23(21)33-24(31-16)29-13-12-18-10-11-20(15-30-18)32-19-7-4-6-17(14-19)25(26,27)28/h4-15,32H,1-3H3,(H,29,31,33)/b13-12+. The van der Waals surface area contributed by atoms with Crippen molar-refractivity contribution in [2.24, 2.45) is 0 Å². The third-order valence-electron chi connectivity index (χ3n) is 5.11. The molecule has 4 aromatic rings. The van der Waals surface area contributed by atoms with E-state index in [2.05, 4.69) is 25.6 Å². The summed E-state index contributed by atoms with van der Waals surface area (Å²) in [6.45, 7) is 1.94. The van der Waals surface area contributed by atoms with Gasteiger partial charge in [-0.25, -0.2) is 9.97 Å². The van der Waals surface area contributed by atoms with Gasteiger partial charge in [0.1, 0.15) is 0 Å². The van der Waals surface area contributed by atoms with E-state index >= 15 is 0 Å². The number of benzene rings is 2. The van der Waals surface area contributed by atoms with Gasteiger partial charge in [0.15, 0.2) is 0 Å². The molecule has 0 unspecified atom stereocenters. The molecule has 0 fully saturated rings. The van der Waals surface area contributed by atoms with Crippen LogP contribution in [0, 0.1) is 6.92 Å². The van der Waals surface area contributed by atoms with Gasteiger partial charge in [-0.05, 0) is 49.4 Å². The minimum absolute atomic E-state index is 0.336. The Balaban J connectivity index is 1.45. The van der Waals surface area contributed by atoms with Crippen LogP contribution >= 0.6 is 0 Å². The topological polar surface area (TPSA) is 66.0 Å². The van der Waals surface area contributed by atoms with Crippen molar-refractivity contribution < 1.29 is 13.2 Å². The molecule has 0 aliphatic rings. The fraction of sp³-hybridized carbons (Fsp3) is 0.160. The molecule has 0 saturated carbocycles. The highest BCUT2D eigenvalue weighted by molar-refractivity contribution is 5.92. The molecule has 174 valence electrons. The third kappa shape index (κ3) is 5.25. The minimum Gasteiger partial charge on any atom is -0.376 e. The highest BCUT2D eigenvalue weighted by Gasteiger charge is 2.30. The van der Waals surface area contributed by atoms with Crippen LogP contribution in [0.1, 0.15) is 17.0 Å². The lowest BCUT2D eigenvalue weighted by Gasteiger charge is -2.15. The van der Waals surface area contributed by atoms with Gasteiger partial charge in [-0.15, -0.1) is 0 Å². The molecule has 0 spiro atoms. The zero-order valence-electron chi connectivity index (χ0n) is 18.9. The second-order valence-electron chi connectivity index (χ2n) is 7.85. The van der Waals surface area contributed by atoms with E-state index in [0.29, 0.717) is 23.0 Å². The van der Waals surface area contributed by atoms with Gasteiger partial charge < -0.3 is 15.5 Å². The largest absolute Gasteiger partial charge is 0.416 e. The number of anilines is 4. The number of halogens is 3. The smallest absolute Gasteiger partial charge is 0.376 e. The van der Waals surface area contributed by atoms with E-state index in [1.165, 1.54) is 6.07 Å². The number of fused-ring (bicyclic) bond motifs is 1. The predicted octanol–water partition coefficient (Wildman–Crippen LogP) is 6.24. The molecule has 2 heterocycles. The summed E-state index contributed by atoms with van der Waals surface area (Å²) in [5.74, 6) is 0.471. The Bertz CT molecular complexity index is 1330. The molecule has 6 nitrogen and oxygen atoms in total. The van der Waals surface area contributed by atoms with Crippen molar-refractivity contribution in [1.29, 1.82) is 0 Å². The van der Waals surface area contributed by atoms with Gasteiger partial charge in [0.05, 0.1) is 40.0 Å². The summed E-state index contributed by atoms with van der Waals surface area (Å²) in [7, 11) is 3.94. The molecule has 9 heteroatoms. The molecule has 0 saturated heterocycles. The van der Waals surface area contributed by atoms with Crippen LogP contribution in [0.5, 0.6) is 0 Å². The van der Waals surface area contributed by atoms with E-state index in [1.807, 2.05) is 44.1 Å². The zero-order chi connectivity index (χ0) is 24.3. The second-order valence-corrected chi connectivity index (χ2v) is 7.85. The summed E-state index contributed by atoms with van der Waals surface area (Å²) in [6.07, 6.45) is 0.620. The van der Waals surface area contributed by atoms with Crippen molar-refractivity contribution in [3.05, 3.63) is 83.9 Å². The van der Waals surface area contributed by atoms with Crippen molar-refractivity contribution in [1.82, 2.24) is 15.0 Å². The van der Waals surface area contributed by atoms with Gasteiger partial charge >= 0.3 is 6.18 Å². The Hall–Kier alpha value is -4.14. The van der Waals surface area contributed by atoms with Crippen LogP contribution in [-0.2, 0) is 6.18 Å². The Morgan fingerprint density at radius 1 is 0.941 bits per heavy atom. The van der Waals surface area contributed by atoms with Crippen LogP contribution in [0.2, 0.25) is 0 Å². The van der Waals surface area contributed by atoms with E-state index in [1.54, 1.807) is 36.7 Å². The molecule has 34 heavy (non-hydrogen) atoms. The first-order chi connectivity index (χ1) is 16.2. The molecule has 2 N–H and O–H groups in total. The van der Waals surface area contributed by atoms with Crippen LogP contribution in [-0.4, -0.2) is 29.0 Å². The quantitative estimate of drug-likeness (QED) is 0.352. The lowest BCUT2D eigenvalue weighted by molar-refractivity contribution is -0.137. The lowest BCUT2D eigenvalue weighted by Crippen LogP contribution is -2.10. The molecule has 2 aromatic carbocycles. The lowest BCUT2D eigenvalue weighted by atomic mass is 10.1. The molecule has 2 aromatic heterocycles. The van der Waals surface area contributed by atoms with Crippen molar-refractivity contribution >= 4 is 40.0 Å². The van der Waals surface area contributed by atoms with Crippen LogP contribution in [0.3, 0.4) is 0 Å². The van der Waals surface area contributed by atoms with Gasteiger partial charge in [0.2, 0.25) is 5.95 Å². The van der Waals surface area contributed by atoms with E-state index in [9.17, 15) is 13.2 Å². The summed E-state index contributed by atoms with van der Waals surface area (Å²) >= 11 is 0. The molecule has 0 radical (unpaired) electrons. The van der Waals surface area contributed by atoms with Crippen LogP contribution in [0.15, 0.2) is 67.0 Å². The van der Waals surface area contributed by atoms with Crippen LogP contribution < -0.4 is 15.5 Å². The molecule has 0 amide bonds. The van der Waals surface area contributed by atoms with E-state index < -0.39 is 11.7 Å². The molecular formula is C25H23F3N6. The zero-order valence-corrected chi connectivity index (χ0v) is 18.9. The normalized spacial score (nSPS) is 11.7.